The van der Waals surface area contributed by atoms with Crippen molar-refractivity contribution in [1.82, 2.24) is 24.3 Å². The molecule has 0 atom stereocenters. The largest absolute Gasteiger partial charge is 0.472 e. The van der Waals surface area contributed by atoms with Gasteiger partial charge in [-0.3, -0.25) is 4.68 Å². The molecule has 0 aliphatic rings. The summed E-state index contributed by atoms with van der Waals surface area (Å²) in [5.74, 6) is 0.213. The highest BCUT2D eigenvalue weighted by atomic mass is 79.9. The monoisotopic (exact) mass is 449 g/mol. The van der Waals surface area contributed by atoms with Gasteiger partial charge in [0.25, 0.3) is 5.16 Å². The summed E-state index contributed by atoms with van der Waals surface area (Å²) >= 11 is 3.44. The lowest BCUT2D eigenvalue weighted by atomic mass is 10.2. The molecule has 140 valence electrons. The van der Waals surface area contributed by atoms with Crippen LogP contribution in [0.5, 0.6) is 5.88 Å². The summed E-state index contributed by atoms with van der Waals surface area (Å²) in [7, 11) is -0.000683. The summed E-state index contributed by atoms with van der Waals surface area (Å²) in [6, 6.07) is 9.60. The Hall–Kier alpha value is -2.46. The van der Waals surface area contributed by atoms with Gasteiger partial charge in [0.05, 0.1) is 0 Å². The normalized spacial score (nSPS) is 12.1. The van der Waals surface area contributed by atoms with E-state index in [2.05, 4.69) is 31.0 Å². The SMILES string of the molecule is Cn1nc(Br)c2c1c1c(OCc3ccccc3)nc(S(C)(=O)=O)nc1n2C. The molecular weight excluding hydrogens is 434 g/mol. The Morgan fingerprint density at radius 2 is 1.81 bits per heavy atom. The van der Waals surface area contributed by atoms with Crippen molar-refractivity contribution < 1.29 is 13.2 Å². The van der Waals surface area contributed by atoms with E-state index in [-0.39, 0.29) is 17.6 Å². The maximum atomic E-state index is 12.1. The minimum absolute atomic E-state index is 0.213. The van der Waals surface area contributed by atoms with Gasteiger partial charge in [0.15, 0.2) is 10.3 Å². The predicted octanol–water partition coefficient (Wildman–Crippen LogP) is 2.60. The molecule has 0 amide bonds. The molecule has 0 aliphatic carbocycles. The Labute approximate surface area is 163 Å². The highest BCUT2D eigenvalue weighted by Gasteiger charge is 2.25. The topological polar surface area (TPSA) is 91.9 Å². The number of aryl methyl sites for hydroxylation is 2. The van der Waals surface area contributed by atoms with Gasteiger partial charge < -0.3 is 9.30 Å². The lowest BCUT2D eigenvalue weighted by molar-refractivity contribution is 0.295. The van der Waals surface area contributed by atoms with Gasteiger partial charge in [0, 0.05) is 20.4 Å². The molecule has 10 heteroatoms. The van der Waals surface area contributed by atoms with E-state index < -0.39 is 9.84 Å². The molecule has 8 nitrogen and oxygen atoms in total. The van der Waals surface area contributed by atoms with Gasteiger partial charge in [0.1, 0.15) is 23.0 Å². The first-order chi connectivity index (χ1) is 12.8. The van der Waals surface area contributed by atoms with Crippen LogP contribution in [0.3, 0.4) is 0 Å². The van der Waals surface area contributed by atoms with Crippen LogP contribution >= 0.6 is 15.9 Å². The van der Waals surface area contributed by atoms with E-state index in [1.165, 1.54) is 0 Å². The van der Waals surface area contributed by atoms with Crippen molar-refractivity contribution in [3.05, 3.63) is 40.5 Å². The fourth-order valence-electron chi connectivity index (χ4n) is 3.02. The lowest BCUT2D eigenvalue weighted by Gasteiger charge is -2.09. The molecule has 4 aromatic rings. The van der Waals surface area contributed by atoms with Crippen LogP contribution < -0.4 is 4.74 Å². The molecule has 0 fully saturated rings. The van der Waals surface area contributed by atoms with Crippen LogP contribution in [0.4, 0.5) is 0 Å². The Morgan fingerprint density at radius 3 is 2.48 bits per heavy atom. The predicted molar refractivity (Wildman–Crippen MR) is 104 cm³/mol. The summed E-state index contributed by atoms with van der Waals surface area (Å²) in [4.78, 5) is 8.49. The summed E-state index contributed by atoms with van der Waals surface area (Å²) in [6.07, 6.45) is 1.08. The molecule has 0 unspecified atom stereocenters. The van der Waals surface area contributed by atoms with E-state index in [0.29, 0.717) is 15.6 Å². The maximum absolute atomic E-state index is 12.1. The lowest BCUT2D eigenvalue weighted by Crippen LogP contribution is -2.08. The van der Waals surface area contributed by atoms with Crippen molar-refractivity contribution in [2.24, 2.45) is 14.1 Å². The van der Waals surface area contributed by atoms with Crippen molar-refractivity contribution in [2.45, 2.75) is 11.8 Å². The van der Waals surface area contributed by atoms with Crippen LogP contribution in [-0.4, -0.2) is 39.0 Å². The minimum Gasteiger partial charge on any atom is -0.472 e. The fourth-order valence-corrected chi connectivity index (χ4v) is 4.21. The van der Waals surface area contributed by atoms with Gasteiger partial charge in [-0.1, -0.05) is 30.3 Å². The quantitative estimate of drug-likeness (QED) is 0.444. The number of ether oxygens (including phenoxy) is 1. The summed E-state index contributed by atoms with van der Waals surface area (Å²) in [6.45, 7) is 0.256. The van der Waals surface area contributed by atoms with Crippen molar-refractivity contribution in [3.8, 4) is 5.88 Å². The number of nitrogens with zero attached hydrogens (tertiary/aromatic N) is 5. The molecule has 0 aliphatic heterocycles. The van der Waals surface area contributed by atoms with Crippen LogP contribution in [0.25, 0.3) is 22.1 Å². The molecule has 3 heterocycles. The Balaban J connectivity index is 1.99. The number of aromatic nitrogens is 5. The second-order valence-electron chi connectivity index (χ2n) is 6.23. The zero-order chi connectivity index (χ0) is 19.3. The first-order valence-electron chi connectivity index (χ1n) is 8.03. The molecule has 0 saturated carbocycles. The Bertz CT molecular complexity index is 1280. The molecule has 0 radical (unpaired) electrons. The average molecular weight is 450 g/mol. The van der Waals surface area contributed by atoms with Crippen LogP contribution in [-0.2, 0) is 30.5 Å². The van der Waals surface area contributed by atoms with E-state index in [1.807, 2.05) is 30.3 Å². The molecule has 27 heavy (non-hydrogen) atoms. The molecule has 0 spiro atoms. The maximum Gasteiger partial charge on any atom is 0.252 e. The Kier molecular flexibility index (Phi) is 4.19. The van der Waals surface area contributed by atoms with Gasteiger partial charge in [-0.15, -0.1) is 0 Å². The number of sulfone groups is 1. The number of hydrogen-bond donors (Lipinski definition) is 0. The number of halogens is 1. The standard InChI is InChI=1S/C17H16BrN5O3S/c1-22-13-12(23(2)21-14(13)18)11-15(22)19-17(27(3,24)25)20-16(11)26-9-10-7-5-4-6-8-10/h4-8H,9H2,1-3H3. The third kappa shape index (κ3) is 2.98. The van der Waals surface area contributed by atoms with E-state index in [1.54, 1.807) is 23.3 Å². The molecule has 0 saturated heterocycles. The fraction of sp³-hybridized carbons (Fsp3) is 0.235. The second kappa shape index (κ2) is 6.31. The molecule has 0 bridgehead atoms. The van der Waals surface area contributed by atoms with Crippen molar-refractivity contribution in [2.75, 3.05) is 6.26 Å². The molecule has 3 aromatic heterocycles. The van der Waals surface area contributed by atoms with E-state index in [9.17, 15) is 8.42 Å². The second-order valence-corrected chi connectivity index (χ2v) is 8.89. The van der Waals surface area contributed by atoms with Crippen molar-refractivity contribution in [3.63, 3.8) is 0 Å². The van der Waals surface area contributed by atoms with E-state index >= 15 is 0 Å². The third-order valence-electron chi connectivity index (χ3n) is 4.26. The summed E-state index contributed by atoms with van der Waals surface area (Å²) in [5.41, 5.74) is 2.97. The minimum atomic E-state index is -3.61. The molecule has 0 N–H and O–H groups in total. The van der Waals surface area contributed by atoms with Gasteiger partial charge in [-0.2, -0.15) is 15.1 Å². The number of benzene rings is 1. The third-order valence-corrected chi connectivity index (χ3v) is 5.64. The van der Waals surface area contributed by atoms with Crippen molar-refractivity contribution >= 4 is 47.8 Å². The van der Waals surface area contributed by atoms with Crippen LogP contribution in [0.15, 0.2) is 40.1 Å². The Morgan fingerprint density at radius 1 is 1.11 bits per heavy atom. The van der Waals surface area contributed by atoms with Gasteiger partial charge in [0.2, 0.25) is 15.7 Å². The summed E-state index contributed by atoms with van der Waals surface area (Å²) in [5, 5.41) is 4.73. The number of rotatable bonds is 4. The van der Waals surface area contributed by atoms with Gasteiger partial charge in [-0.25, -0.2) is 8.42 Å². The highest BCUT2D eigenvalue weighted by Crippen LogP contribution is 2.36. The van der Waals surface area contributed by atoms with Crippen LogP contribution in [0, 0.1) is 0 Å². The first kappa shape index (κ1) is 17.9. The van der Waals surface area contributed by atoms with Crippen molar-refractivity contribution in [1.29, 1.82) is 0 Å². The zero-order valence-electron chi connectivity index (χ0n) is 14.8. The van der Waals surface area contributed by atoms with Crippen LogP contribution in [0.1, 0.15) is 5.56 Å². The smallest absolute Gasteiger partial charge is 0.252 e. The first-order valence-corrected chi connectivity index (χ1v) is 10.7. The number of hydrogen-bond acceptors (Lipinski definition) is 6. The molecular formula is C17H16BrN5O3S. The van der Waals surface area contributed by atoms with Crippen LogP contribution in [0.2, 0.25) is 0 Å². The molecule has 1 aromatic carbocycles. The zero-order valence-corrected chi connectivity index (χ0v) is 17.2. The number of fused-ring (bicyclic) bond motifs is 3. The highest BCUT2D eigenvalue weighted by molar-refractivity contribution is 9.10. The van der Waals surface area contributed by atoms with E-state index in [4.69, 9.17) is 4.74 Å². The van der Waals surface area contributed by atoms with Gasteiger partial charge >= 0.3 is 0 Å². The average Bonchev–Trinajstić information content (AvgIpc) is 3.09. The summed E-state index contributed by atoms with van der Waals surface area (Å²) < 4.78 is 34.2. The van der Waals surface area contributed by atoms with E-state index in [0.717, 1.165) is 22.9 Å². The molecule has 4 rings (SSSR count). The van der Waals surface area contributed by atoms with Gasteiger partial charge in [-0.05, 0) is 21.5 Å².